The number of carbonyl (C=O) groups is 1. The summed E-state index contributed by atoms with van der Waals surface area (Å²) >= 11 is 0. The smallest absolute Gasteiger partial charge is 0.248 e. The second-order valence-electron chi connectivity index (χ2n) is 5.01. The SMILES string of the molecule is CCOCC(=O)N1CCCN(CC(C)CN)CC1. The van der Waals surface area contributed by atoms with E-state index in [4.69, 9.17) is 10.5 Å². The van der Waals surface area contributed by atoms with Crippen molar-refractivity contribution in [2.75, 3.05) is 52.5 Å². The van der Waals surface area contributed by atoms with E-state index in [9.17, 15) is 4.79 Å². The van der Waals surface area contributed by atoms with Crippen LogP contribution >= 0.6 is 0 Å². The van der Waals surface area contributed by atoms with Crippen molar-refractivity contribution >= 4 is 5.91 Å². The number of hydrogen-bond acceptors (Lipinski definition) is 4. The minimum absolute atomic E-state index is 0.116. The summed E-state index contributed by atoms with van der Waals surface area (Å²) in [6.07, 6.45) is 1.04. The molecule has 0 aromatic heterocycles. The van der Waals surface area contributed by atoms with E-state index in [0.717, 1.165) is 45.7 Å². The molecule has 1 unspecified atom stereocenters. The summed E-state index contributed by atoms with van der Waals surface area (Å²) in [6, 6.07) is 0. The van der Waals surface area contributed by atoms with Gasteiger partial charge in [0.05, 0.1) is 0 Å². The van der Waals surface area contributed by atoms with Crippen LogP contribution in [0.15, 0.2) is 0 Å². The molecule has 1 atom stereocenters. The second-order valence-corrected chi connectivity index (χ2v) is 5.01. The molecule has 18 heavy (non-hydrogen) atoms. The molecule has 0 spiro atoms. The molecule has 2 N–H and O–H groups in total. The number of nitrogens with two attached hydrogens (primary N) is 1. The summed E-state index contributed by atoms with van der Waals surface area (Å²) < 4.78 is 5.18. The molecule has 0 saturated carbocycles. The maximum Gasteiger partial charge on any atom is 0.248 e. The lowest BCUT2D eigenvalue weighted by Gasteiger charge is -2.24. The monoisotopic (exact) mass is 257 g/mol. The van der Waals surface area contributed by atoms with Crippen molar-refractivity contribution in [3.8, 4) is 0 Å². The first-order chi connectivity index (χ1) is 8.67. The number of amides is 1. The van der Waals surface area contributed by atoms with Gasteiger partial charge in [-0.25, -0.2) is 0 Å². The Balaban J connectivity index is 2.33. The molecule has 106 valence electrons. The average molecular weight is 257 g/mol. The van der Waals surface area contributed by atoms with Gasteiger partial charge in [0.25, 0.3) is 0 Å². The first kappa shape index (κ1) is 15.4. The van der Waals surface area contributed by atoms with Gasteiger partial charge in [0.2, 0.25) is 5.91 Å². The van der Waals surface area contributed by atoms with Crippen LogP contribution in [-0.2, 0) is 9.53 Å². The van der Waals surface area contributed by atoms with E-state index >= 15 is 0 Å². The third-order valence-corrected chi connectivity index (χ3v) is 3.34. The quantitative estimate of drug-likeness (QED) is 0.736. The zero-order valence-electron chi connectivity index (χ0n) is 11.7. The third kappa shape index (κ3) is 5.33. The highest BCUT2D eigenvalue weighted by Crippen LogP contribution is 2.06. The molecule has 0 aromatic carbocycles. The van der Waals surface area contributed by atoms with Gasteiger partial charge in [-0.1, -0.05) is 6.92 Å². The van der Waals surface area contributed by atoms with Gasteiger partial charge in [-0.3, -0.25) is 4.79 Å². The zero-order valence-corrected chi connectivity index (χ0v) is 11.7. The van der Waals surface area contributed by atoms with E-state index in [1.807, 2.05) is 11.8 Å². The Kier molecular flexibility index (Phi) is 7.23. The van der Waals surface area contributed by atoms with E-state index in [1.54, 1.807) is 0 Å². The minimum Gasteiger partial charge on any atom is -0.372 e. The molecular formula is C13H27N3O2. The van der Waals surface area contributed by atoms with Crippen LogP contribution in [0.2, 0.25) is 0 Å². The molecule has 1 fully saturated rings. The van der Waals surface area contributed by atoms with Gasteiger partial charge in [-0.15, -0.1) is 0 Å². The normalized spacial score (nSPS) is 19.6. The molecule has 0 bridgehead atoms. The highest BCUT2D eigenvalue weighted by atomic mass is 16.5. The Morgan fingerprint density at radius 1 is 1.33 bits per heavy atom. The lowest BCUT2D eigenvalue weighted by atomic mass is 10.1. The van der Waals surface area contributed by atoms with Gasteiger partial charge in [-0.05, 0) is 32.4 Å². The highest BCUT2D eigenvalue weighted by Gasteiger charge is 2.19. The molecule has 5 nitrogen and oxygen atoms in total. The summed E-state index contributed by atoms with van der Waals surface area (Å²) in [5.74, 6) is 0.640. The summed E-state index contributed by atoms with van der Waals surface area (Å²) in [6.45, 7) is 10.3. The molecular weight excluding hydrogens is 230 g/mol. The Labute approximate surface area is 110 Å². The Morgan fingerprint density at radius 2 is 2.11 bits per heavy atom. The van der Waals surface area contributed by atoms with Crippen LogP contribution in [0.25, 0.3) is 0 Å². The molecule has 0 aliphatic carbocycles. The summed E-state index contributed by atoms with van der Waals surface area (Å²) in [4.78, 5) is 16.2. The Bertz CT molecular complexity index is 248. The van der Waals surface area contributed by atoms with Crippen LogP contribution < -0.4 is 5.73 Å². The molecule has 0 radical (unpaired) electrons. The molecule has 1 heterocycles. The van der Waals surface area contributed by atoms with Crippen LogP contribution in [0, 0.1) is 5.92 Å². The minimum atomic E-state index is 0.116. The number of nitrogens with zero attached hydrogens (tertiary/aromatic N) is 2. The maximum absolute atomic E-state index is 11.9. The standard InChI is InChI=1S/C13H27N3O2/c1-3-18-11-13(17)16-6-4-5-15(7-8-16)10-12(2)9-14/h12H,3-11,14H2,1-2H3. The first-order valence-electron chi connectivity index (χ1n) is 6.95. The molecule has 0 aromatic rings. The van der Waals surface area contributed by atoms with Gasteiger partial charge in [0.15, 0.2) is 0 Å². The molecule has 1 aliphatic rings. The molecule has 1 amide bonds. The predicted molar refractivity (Wildman–Crippen MR) is 72.3 cm³/mol. The van der Waals surface area contributed by atoms with Crippen molar-refractivity contribution in [2.24, 2.45) is 11.7 Å². The molecule has 5 heteroatoms. The van der Waals surface area contributed by atoms with E-state index in [0.29, 0.717) is 12.5 Å². The van der Waals surface area contributed by atoms with Crippen molar-refractivity contribution in [2.45, 2.75) is 20.3 Å². The number of carbonyl (C=O) groups excluding carboxylic acids is 1. The van der Waals surface area contributed by atoms with E-state index in [-0.39, 0.29) is 12.5 Å². The second kappa shape index (κ2) is 8.45. The fraction of sp³-hybridized carbons (Fsp3) is 0.923. The van der Waals surface area contributed by atoms with Crippen molar-refractivity contribution in [1.29, 1.82) is 0 Å². The van der Waals surface area contributed by atoms with Crippen LogP contribution in [0.1, 0.15) is 20.3 Å². The Hall–Kier alpha value is -0.650. The zero-order chi connectivity index (χ0) is 13.4. The van der Waals surface area contributed by atoms with Gasteiger partial charge >= 0.3 is 0 Å². The highest BCUT2D eigenvalue weighted by molar-refractivity contribution is 5.77. The fourth-order valence-corrected chi connectivity index (χ4v) is 2.20. The lowest BCUT2D eigenvalue weighted by molar-refractivity contribution is -0.135. The lowest BCUT2D eigenvalue weighted by Crippen LogP contribution is -2.38. The molecule has 1 saturated heterocycles. The Morgan fingerprint density at radius 3 is 2.78 bits per heavy atom. The van der Waals surface area contributed by atoms with Crippen molar-refractivity contribution in [3.63, 3.8) is 0 Å². The summed E-state index contributed by atoms with van der Waals surface area (Å²) in [5, 5.41) is 0. The average Bonchev–Trinajstić information content (AvgIpc) is 2.61. The van der Waals surface area contributed by atoms with Crippen molar-refractivity contribution in [3.05, 3.63) is 0 Å². The van der Waals surface area contributed by atoms with Gasteiger partial charge in [0.1, 0.15) is 6.61 Å². The fourth-order valence-electron chi connectivity index (χ4n) is 2.20. The maximum atomic E-state index is 11.9. The van der Waals surface area contributed by atoms with Crippen molar-refractivity contribution < 1.29 is 9.53 Å². The van der Waals surface area contributed by atoms with Crippen LogP contribution in [0.4, 0.5) is 0 Å². The number of ether oxygens (including phenoxy) is 1. The topological polar surface area (TPSA) is 58.8 Å². The van der Waals surface area contributed by atoms with Gasteiger partial charge in [-0.2, -0.15) is 0 Å². The largest absolute Gasteiger partial charge is 0.372 e. The van der Waals surface area contributed by atoms with E-state index in [1.165, 1.54) is 0 Å². The number of rotatable bonds is 6. The molecule has 1 rings (SSSR count). The predicted octanol–water partition coefficient (Wildman–Crippen LogP) is 0.152. The van der Waals surface area contributed by atoms with Gasteiger partial charge < -0.3 is 20.3 Å². The van der Waals surface area contributed by atoms with Gasteiger partial charge in [0, 0.05) is 32.8 Å². The summed E-state index contributed by atoms with van der Waals surface area (Å²) in [5.41, 5.74) is 5.65. The summed E-state index contributed by atoms with van der Waals surface area (Å²) in [7, 11) is 0. The van der Waals surface area contributed by atoms with E-state index in [2.05, 4.69) is 11.8 Å². The van der Waals surface area contributed by atoms with Crippen molar-refractivity contribution in [1.82, 2.24) is 9.80 Å². The van der Waals surface area contributed by atoms with Crippen LogP contribution in [0.3, 0.4) is 0 Å². The van der Waals surface area contributed by atoms with Crippen LogP contribution in [-0.4, -0.2) is 68.2 Å². The van der Waals surface area contributed by atoms with Crippen LogP contribution in [0.5, 0.6) is 0 Å². The first-order valence-corrected chi connectivity index (χ1v) is 6.95. The molecule has 1 aliphatic heterocycles. The third-order valence-electron chi connectivity index (χ3n) is 3.34. The van der Waals surface area contributed by atoms with E-state index < -0.39 is 0 Å². The number of hydrogen-bond donors (Lipinski definition) is 1.